The van der Waals surface area contributed by atoms with Gasteiger partial charge in [-0.05, 0) is 55.9 Å². The molecule has 0 N–H and O–H groups in total. The Labute approximate surface area is 235 Å². The number of nitriles is 2. The van der Waals surface area contributed by atoms with Crippen LogP contribution in [0.5, 0.6) is 0 Å². The van der Waals surface area contributed by atoms with Gasteiger partial charge in [-0.15, -0.1) is 0 Å². The molecule has 0 bridgehead atoms. The molecular formula is C27H26F6N2P2Ru+. The van der Waals surface area contributed by atoms with Gasteiger partial charge in [0.15, 0.2) is 0 Å². The summed E-state index contributed by atoms with van der Waals surface area (Å²) in [6.45, 7) is 2.86. The fourth-order valence-corrected chi connectivity index (χ4v) is 4.80. The molecular weight excluding hydrogens is 629 g/mol. The zero-order valence-electron chi connectivity index (χ0n) is 20.5. The first-order valence-electron chi connectivity index (χ1n) is 10.5. The van der Waals surface area contributed by atoms with Gasteiger partial charge in [-0.25, -0.2) is 0 Å². The van der Waals surface area contributed by atoms with Crippen molar-refractivity contribution in [2.75, 3.05) is 0 Å². The molecule has 1 aliphatic carbocycles. The first kappa shape index (κ1) is 37.9. The molecule has 3 aromatic carbocycles. The van der Waals surface area contributed by atoms with Crippen molar-refractivity contribution >= 4 is 31.6 Å². The fraction of sp³-hybridized carbons (Fsp3) is 0.0741. The molecule has 0 saturated heterocycles. The van der Waals surface area contributed by atoms with Crippen molar-refractivity contribution in [2.24, 2.45) is 0 Å². The molecule has 0 spiro atoms. The Morgan fingerprint density at radius 3 is 0.816 bits per heavy atom. The topological polar surface area (TPSA) is 47.6 Å². The number of nitrogens with zero attached hydrogens (tertiary/aromatic N) is 2. The maximum Gasteiger partial charge on any atom is 2.00 e. The third-order valence-electron chi connectivity index (χ3n) is 3.60. The summed E-state index contributed by atoms with van der Waals surface area (Å²) in [5.41, 5.74) is 0. The van der Waals surface area contributed by atoms with Gasteiger partial charge in [0.25, 0.3) is 0 Å². The minimum absolute atomic E-state index is 0. The number of hydrogen-bond donors (Lipinski definition) is 0. The first-order chi connectivity index (χ1) is 17.2. The van der Waals surface area contributed by atoms with E-state index in [0.717, 1.165) is 0 Å². The molecule has 0 atom stereocenters. The maximum absolute atomic E-state index is 10.7. The van der Waals surface area contributed by atoms with Crippen LogP contribution in [0.15, 0.2) is 91.0 Å². The van der Waals surface area contributed by atoms with Crippen LogP contribution in [0, 0.1) is 54.8 Å². The zero-order valence-corrected chi connectivity index (χ0v) is 24.0. The van der Waals surface area contributed by atoms with Crippen LogP contribution in [0.2, 0.25) is 0 Å². The van der Waals surface area contributed by atoms with Gasteiger partial charge in [0.05, 0.1) is 12.1 Å². The third-order valence-corrected chi connectivity index (χ3v) is 6.04. The second-order valence-electron chi connectivity index (χ2n) is 6.71. The summed E-state index contributed by atoms with van der Waals surface area (Å²) < 4.78 is 59.2. The van der Waals surface area contributed by atoms with E-state index in [9.17, 15) is 25.2 Å². The molecule has 11 heteroatoms. The summed E-state index contributed by atoms with van der Waals surface area (Å²) in [7, 11) is -11.1. The van der Waals surface area contributed by atoms with Crippen molar-refractivity contribution in [3.63, 3.8) is 0 Å². The molecule has 1 saturated carbocycles. The van der Waals surface area contributed by atoms with Crippen LogP contribution in [0.4, 0.5) is 25.2 Å². The van der Waals surface area contributed by atoms with E-state index in [1.54, 1.807) is 12.1 Å². The molecule has 0 unspecified atom stereocenters. The molecule has 203 valence electrons. The molecule has 0 aromatic heterocycles. The molecule has 3 aromatic rings. The molecule has 1 fully saturated rings. The first-order valence-corrected chi connectivity index (χ1v) is 13.9. The minimum Gasteiger partial charge on any atom is -0.0622 e. The summed E-state index contributed by atoms with van der Waals surface area (Å²) in [5.74, 6) is 0. The summed E-state index contributed by atoms with van der Waals surface area (Å²) in [4.78, 5) is 0. The van der Waals surface area contributed by atoms with Crippen LogP contribution in [0.25, 0.3) is 0 Å². The van der Waals surface area contributed by atoms with Crippen LogP contribution in [-0.4, -0.2) is 0 Å². The second-order valence-corrected chi connectivity index (χ2v) is 10.8. The van der Waals surface area contributed by atoms with E-state index in [-0.39, 0.29) is 19.5 Å². The predicted molar refractivity (Wildman–Crippen MR) is 143 cm³/mol. The molecule has 5 radical (unpaired) electrons. The van der Waals surface area contributed by atoms with Gasteiger partial charge in [-0.2, -0.15) is 10.5 Å². The smallest absolute Gasteiger partial charge is 0.0622 e. The van der Waals surface area contributed by atoms with Gasteiger partial charge in [-0.3, -0.25) is 0 Å². The SMILES string of the molecule is CC#N.CC#N.F[P-](F)(F)(F)(F)F.[CH]1[CH][CH][CH][CH]1.[Ru+2].c1ccc(P(c2ccccc2)c2ccccc2)cc1. The van der Waals surface area contributed by atoms with E-state index in [4.69, 9.17) is 10.5 Å². The Kier molecular flexibility index (Phi) is 18.0. The van der Waals surface area contributed by atoms with Crippen LogP contribution in [0.3, 0.4) is 0 Å². The van der Waals surface area contributed by atoms with Gasteiger partial charge in [0, 0.05) is 13.8 Å². The van der Waals surface area contributed by atoms with E-state index < -0.39 is 15.7 Å². The Bertz CT molecular complexity index is 959. The van der Waals surface area contributed by atoms with Crippen molar-refractivity contribution in [2.45, 2.75) is 13.8 Å². The number of rotatable bonds is 3. The Morgan fingerprint density at radius 1 is 0.500 bits per heavy atom. The molecule has 4 rings (SSSR count). The van der Waals surface area contributed by atoms with E-state index in [0.29, 0.717) is 0 Å². The molecule has 0 amide bonds. The fourth-order valence-electron chi connectivity index (χ4n) is 2.50. The number of hydrogen-bond acceptors (Lipinski definition) is 2. The average Bonchev–Trinajstić information content (AvgIpc) is 3.41. The monoisotopic (exact) mass is 656 g/mol. The van der Waals surface area contributed by atoms with Gasteiger partial charge in [0.2, 0.25) is 0 Å². The number of halogens is 6. The van der Waals surface area contributed by atoms with Crippen molar-refractivity contribution in [3.05, 3.63) is 123 Å². The average molecular weight is 656 g/mol. The van der Waals surface area contributed by atoms with Crippen LogP contribution in [-0.2, 0) is 19.5 Å². The number of benzene rings is 3. The largest absolute Gasteiger partial charge is 2.00 e. The zero-order chi connectivity index (χ0) is 28.3. The van der Waals surface area contributed by atoms with E-state index in [2.05, 4.69) is 91.0 Å². The maximum atomic E-state index is 9.87. The Hall–Kier alpha value is -2.30. The Morgan fingerprint density at radius 2 is 0.658 bits per heavy atom. The summed E-state index contributed by atoms with van der Waals surface area (Å²) in [5, 5.41) is 18.8. The third kappa shape index (κ3) is 24.1. The van der Waals surface area contributed by atoms with E-state index in [1.807, 2.05) is 32.1 Å². The van der Waals surface area contributed by atoms with E-state index in [1.165, 1.54) is 29.8 Å². The van der Waals surface area contributed by atoms with Crippen molar-refractivity contribution in [1.29, 1.82) is 10.5 Å². The van der Waals surface area contributed by atoms with Crippen molar-refractivity contribution < 1.29 is 44.7 Å². The summed E-state index contributed by atoms with van der Waals surface area (Å²) >= 11 is 0. The van der Waals surface area contributed by atoms with E-state index >= 15 is 0 Å². The van der Waals surface area contributed by atoms with Crippen molar-refractivity contribution in [3.8, 4) is 12.1 Å². The second kappa shape index (κ2) is 18.1. The molecule has 2 nitrogen and oxygen atoms in total. The molecule has 38 heavy (non-hydrogen) atoms. The van der Waals surface area contributed by atoms with Gasteiger partial charge < -0.3 is 0 Å². The van der Waals surface area contributed by atoms with Crippen LogP contribution < -0.4 is 15.9 Å². The minimum atomic E-state index is -10.7. The van der Waals surface area contributed by atoms with Crippen LogP contribution in [0.1, 0.15) is 13.8 Å². The summed E-state index contributed by atoms with van der Waals surface area (Å²) in [6, 6.07) is 35.8. The van der Waals surface area contributed by atoms with Gasteiger partial charge >= 0.3 is 52.5 Å². The molecule has 0 aliphatic heterocycles. The molecule has 1 aliphatic rings. The predicted octanol–water partition coefficient (Wildman–Crippen LogP) is 8.91. The quantitative estimate of drug-likeness (QED) is 0.161. The van der Waals surface area contributed by atoms with Gasteiger partial charge in [0.1, 0.15) is 0 Å². The Balaban J connectivity index is 0. The van der Waals surface area contributed by atoms with Crippen LogP contribution >= 0.6 is 15.7 Å². The standard InChI is InChI=1S/C18H15P.C5H5.2C2H3N.F6P.Ru/c1-4-10-16(11-5-1)19(17-12-6-2-7-13-17)18-14-8-3-9-15-18;1-2-4-5-3-1;2*1-2-3;1-7(2,3,4,5)6;/h1-15H;1-5H;2*1H3;;/q;;;;-1;+2. The normalized spacial score (nSPS) is 13.1. The molecule has 0 heterocycles. The van der Waals surface area contributed by atoms with Crippen molar-refractivity contribution in [1.82, 2.24) is 0 Å². The van der Waals surface area contributed by atoms with Gasteiger partial charge in [-0.1, -0.05) is 91.0 Å². The summed E-state index contributed by atoms with van der Waals surface area (Å²) in [6.07, 6.45) is 10.0.